The number of benzene rings is 4. The molecular formula is C38H37N3O5S. The van der Waals surface area contributed by atoms with Gasteiger partial charge in [0.05, 0.1) is 49.0 Å². The van der Waals surface area contributed by atoms with E-state index < -0.39 is 0 Å². The first-order chi connectivity index (χ1) is 22.7. The summed E-state index contributed by atoms with van der Waals surface area (Å²) >= 11 is 1.69. The van der Waals surface area contributed by atoms with Crippen LogP contribution in [0.25, 0.3) is 43.3 Å². The molecule has 0 saturated heterocycles. The molecule has 0 amide bonds. The maximum absolute atomic E-state index is 12.7. The molecule has 4 aromatic carbocycles. The number of hydrogen-bond acceptors (Lipinski definition) is 8. The number of hydrogen-bond donors (Lipinski definition) is 0. The van der Waals surface area contributed by atoms with Crippen LogP contribution >= 0.6 is 11.3 Å². The molecule has 0 unspecified atom stereocenters. The smallest absolute Gasteiger partial charge is 0.244 e. The fourth-order valence-electron chi connectivity index (χ4n) is 5.47. The fraction of sp³-hybridized carbons (Fsp3) is 0.237. The van der Waals surface area contributed by atoms with Crippen LogP contribution < -0.4 is 18.9 Å². The van der Waals surface area contributed by atoms with Crippen LogP contribution in [0, 0.1) is 20.8 Å². The Morgan fingerprint density at radius 2 is 1.43 bits per heavy atom. The molecule has 0 bridgehead atoms. The van der Waals surface area contributed by atoms with E-state index in [0.717, 1.165) is 55.4 Å². The number of thiazole rings is 1. The molecule has 47 heavy (non-hydrogen) atoms. The Kier molecular flexibility index (Phi) is 9.26. The summed E-state index contributed by atoms with van der Waals surface area (Å²) in [5.74, 6) is 2.60. The molecule has 9 heteroatoms. The Balaban J connectivity index is 1.13. The van der Waals surface area contributed by atoms with Gasteiger partial charge >= 0.3 is 0 Å². The van der Waals surface area contributed by atoms with Crippen LogP contribution in [-0.4, -0.2) is 48.1 Å². The van der Waals surface area contributed by atoms with Crippen molar-refractivity contribution < 1.29 is 23.7 Å². The van der Waals surface area contributed by atoms with E-state index >= 15 is 0 Å². The van der Waals surface area contributed by atoms with Crippen molar-refractivity contribution in [3.8, 4) is 56.1 Å². The van der Waals surface area contributed by atoms with E-state index in [0.29, 0.717) is 42.5 Å². The topological polar surface area (TPSA) is 84.7 Å². The Hall–Kier alpha value is -5.15. The molecule has 0 N–H and O–H groups in total. The number of carbonyl (C=O) groups is 1. The van der Waals surface area contributed by atoms with Crippen molar-refractivity contribution in [3.05, 3.63) is 95.6 Å². The van der Waals surface area contributed by atoms with Gasteiger partial charge in [-0.15, -0.1) is 11.3 Å². The van der Waals surface area contributed by atoms with Gasteiger partial charge in [0, 0.05) is 30.0 Å². The minimum absolute atomic E-state index is 0.194. The van der Waals surface area contributed by atoms with Gasteiger partial charge in [0.1, 0.15) is 16.5 Å². The molecule has 0 spiro atoms. The standard InChI is InChI=1S/C38H37N3O5S/c1-23-18-29(21-35(44-6)25(23)3)31-22-32(41(40-31)26(4)42)27-12-15-34(43-5)36(20-27)46-17-9-16-45-33-14-13-28(19-24(33)2)38-39-30-10-7-8-11-37(30)47-38/h7-8,10-15,18-22H,9,16-17H2,1-6H3. The van der Waals surface area contributed by atoms with Crippen molar-refractivity contribution in [1.29, 1.82) is 0 Å². The van der Waals surface area contributed by atoms with E-state index in [-0.39, 0.29) is 5.91 Å². The second-order valence-corrected chi connectivity index (χ2v) is 12.4. The van der Waals surface area contributed by atoms with Crippen molar-refractivity contribution in [2.45, 2.75) is 34.1 Å². The van der Waals surface area contributed by atoms with Crippen molar-refractivity contribution in [1.82, 2.24) is 14.8 Å². The number of nitrogens with zero attached hydrogens (tertiary/aromatic N) is 3. The number of fused-ring (bicyclic) bond motifs is 1. The predicted octanol–water partition coefficient (Wildman–Crippen LogP) is 8.94. The molecule has 0 saturated carbocycles. The zero-order chi connectivity index (χ0) is 33.1. The lowest BCUT2D eigenvalue weighted by Gasteiger charge is -2.14. The van der Waals surface area contributed by atoms with Gasteiger partial charge in [-0.25, -0.2) is 4.98 Å². The first kappa shape index (κ1) is 31.8. The van der Waals surface area contributed by atoms with E-state index in [4.69, 9.17) is 23.9 Å². The molecule has 8 nitrogen and oxygen atoms in total. The Morgan fingerprint density at radius 3 is 2.15 bits per heavy atom. The van der Waals surface area contributed by atoms with Gasteiger partial charge in [0.25, 0.3) is 0 Å². The number of aryl methyl sites for hydroxylation is 2. The van der Waals surface area contributed by atoms with Gasteiger partial charge in [0.2, 0.25) is 5.91 Å². The molecule has 6 rings (SSSR count). The highest BCUT2D eigenvalue weighted by Crippen LogP contribution is 2.36. The van der Waals surface area contributed by atoms with Gasteiger partial charge in [-0.1, -0.05) is 12.1 Å². The molecule has 2 aromatic heterocycles. The van der Waals surface area contributed by atoms with E-state index in [1.54, 1.807) is 25.6 Å². The highest BCUT2D eigenvalue weighted by atomic mass is 32.1. The maximum atomic E-state index is 12.7. The monoisotopic (exact) mass is 647 g/mol. The molecular weight excluding hydrogens is 611 g/mol. The van der Waals surface area contributed by atoms with E-state index in [1.807, 2.05) is 75.4 Å². The number of rotatable bonds is 11. The van der Waals surface area contributed by atoms with Gasteiger partial charge < -0.3 is 18.9 Å². The molecule has 0 aliphatic rings. The number of carbonyl (C=O) groups excluding carboxylic acids is 1. The van der Waals surface area contributed by atoms with Crippen LogP contribution in [0.4, 0.5) is 0 Å². The van der Waals surface area contributed by atoms with Gasteiger partial charge in [-0.2, -0.15) is 9.78 Å². The molecule has 0 aliphatic heterocycles. The minimum atomic E-state index is -0.194. The van der Waals surface area contributed by atoms with Crippen molar-refractivity contribution in [3.63, 3.8) is 0 Å². The lowest BCUT2D eigenvalue weighted by Crippen LogP contribution is -2.09. The Bertz CT molecular complexity index is 2050. The van der Waals surface area contributed by atoms with Crippen LogP contribution in [-0.2, 0) is 0 Å². The molecule has 0 atom stereocenters. The molecule has 6 aromatic rings. The SMILES string of the molecule is COc1ccc(-c2cc(-c3cc(C)c(C)c(OC)c3)nn2C(C)=O)cc1OCCCOc1ccc(-c2nc3ccccc3s2)cc1C. The van der Waals surface area contributed by atoms with Crippen molar-refractivity contribution in [2.24, 2.45) is 0 Å². The van der Waals surface area contributed by atoms with E-state index in [9.17, 15) is 4.79 Å². The second kappa shape index (κ2) is 13.7. The quantitative estimate of drug-likeness (QED) is 0.130. The third-order valence-corrected chi connectivity index (χ3v) is 9.21. The summed E-state index contributed by atoms with van der Waals surface area (Å²) < 4.78 is 26.0. The molecule has 240 valence electrons. The predicted molar refractivity (Wildman–Crippen MR) is 187 cm³/mol. The lowest BCUT2D eigenvalue weighted by atomic mass is 10.0. The summed E-state index contributed by atoms with van der Waals surface area (Å²) in [4.78, 5) is 17.4. The first-order valence-corrected chi connectivity index (χ1v) is 16.2. The van der Waals surface area contributed by atoms with Gasteiger partial charge in [0.15, 0.2) is 11.5 Å². The van der Waals surface area contributed by atoms with Crippen LogP contribution in [0.3, 0.4) is 0 Å². The molecule has 0 aliphatic carbocycles. The highest BCUT2D eigenvalue weighted by Gasteiger charge is 2.18. The maximum Gasteiger partial charge on any atom is 0.244 e. The number of aromatic nitrogens is 3. The lowest BCUT2D eigenvalue weighted by molar-refractivity contribution is 0.0923. The second-order valence-electron chi connectivity index (χ2n) is 11.3. The summed E-state index contributed by atoms with van der Waals surface area (Å²) in [5, 5.41) is 5.65. The number of methoxy groups -OCH3 is 2. The zero-order valence-electron chi connectivity index (χ0n) is 27.4. The van der Waals surface area contributed by atoms with Gasteiger partial charge in [-0.05, 0) is 104 Å². The largest absolute Gasteiger partial charge is 0.496 e. The van der Waals surface area contributed by atoms with Crippen molar-refractivity contribution >= 4 is 27.5 Å². The van der Waals surface area contributed by atoms with Crippen LogP contribution in [0.15, 0.2) is 78.9 Å². The summed E-state index contributed by atoms with van der Waals surface area (Å²) in [5.41, 5.74) is 8.29. The number of para-hydroxylation sites is 1. The van der Waals surface area contributed by atoms with Crippen LogP contribution in [0.2, 0.25) is 0 Å². The summed E-state index contributed by atoms with van der Waals surface area (Å²) in [6.07, 6.45) is 0.663. The first-order valence-electron chi connectivity index (χ1n) is 15.4. The third-order valence-electron chi connectivity index (χ3n) is 8.12. The van der Waals surface area contributed by atoms with Crippen LogP contribution in [0.5, 0.6) is 23.0 Å². The Morgan fingerprint density at radius 1 is 0.745 bits per heavy atom. The summed E-state index contributed by atoms with van der Waals surface area (Å²) in [6.45, 7) is 8.51. The summed E-state index contributed by atoms with van der Waals surface area (Å²) in [6, 6.07) is 25.9. The van der Waals surface area contributed by atoms with Crippen LogP contribution in [0.1, 0.15) is 34.8 Å². The Labute approximate surface area is 278 Å². The average Bonchev–Trinajstić information content (AvgIpc) is 3.72. The molecule has 0 radical (unpaired) electrons. The van der Waals surface area contributed by atoms with Crippen molar-refractivity contribution in [2.75, 3.05) is 27.4 Å². The number of ether oxygens (including phenoxy) is 4. The van der Waals surface area contributed by atoms with E-state index in [1.165, 1.54) is 16.3 Å². The molecule has 2 heterocycles. The molecule has 0 fully saturated rings. The minimum Gasteiger partial charge on any atom is -0.496 e. The summed E-state index contributed by atoms with van der Waals surface area (Å²) in [7, 11) is 3.26. The third kappa shape index (κ3) is 6.71. The normalized spacial score (nSPS) is 11.1. The zero-order valence-corrected chi connectivity index (χ0v) is 28.2. The average molecular weight is 648 g/mol. The van der Waals surface area contributed by atoms with Gasteiger partial charge in [-0.3, -0.25) is 4.79 Å². The van der Waals surface area contributed by atoms with E-state index in [2.05, 4.69) is 29.4 Å². The highest BCUT2D eigenvalue weighted by molar-refractivity contribution is 7.21. The fourth-order valence-corrected chi connectivity index (χ4v) is 6.43.